The van der Waals surface area contributed by atoms with Crippen molar-refractivity contribution >= 4 is 23.9 Å². The number of hydrogen-bond donors (Lipinski definition) is 17. The van der Waals surface area contributed by atoms with E-state index in [9.17, 15) is 106 Å². The highest BCUT2D eigenvalue weighted by Crippen LogP contribution is 2.48. The van der Waals surface area contributed by atoms with Crippen LogP contribution in [0.15, 0.2) is 60.3 Å². The molecule has 8 aliphatic rings. The van der Waals surface area contributed by atoms with E-state index in [1.165, 1.54) is 32.8 Å². The van der Waals surface area contributed by atoms with E-state index in [0.717, 1.165) is 25.5 Å². The zero-order valence-corrected chi connectivity index (χ0v) is 50.7. The summed E-state index contributed by atoms with van der Waals surface area (Å²) >= 11 is 0. The number of aliphatic hydroxyl groups is 14. The molecule has 1 saturated carbocycles. The molecule has 0 aromatic heterocycles. The van der Waals surface area contributed by atoms with Crippen molar-refractivity contribution in [3.05, 3.63) is 65.9 Å². The molecule has 93 heavy (non-hydrogen) atoms. The van der Waals surface area contributed by atoms with Crippen molar-refractivity contribution in [3.63, 3.8) is 0 Å². The summed E-state index contributed by atoms with van der Waals surface area (Å²) in [4.78, 5) is 48.8. The molecule has 7 heterocycles. The molecule has 35 nitrogen and oxygen atoms in total. The van der Waals surface area contributed by atoms with Crippen molar-refractivity contribution in [1.82, 2.24) is 0 Å². The fraction of sp³-hybridized carbons (Fsp3) is 0.690. The van der Waals surface area contributed by atoms with Crippen LogP contribution >= 0.6 is 0 Å². The molecular formula is C58H82O35. The summed E-state index contributed by atoms with van der Waals surface area (Å²) in [7, 11) is 3.64. The second kappa shape index (κ2) is 32.6. The number of ether oxygens (including phenoxy) is 14. The number of carbonyl (C=O) groups is 4. The number of methoxy groups -OCH3 is 3. The van der Waals surface area contributed by atoms with Gasteiger partial charge in [0.15, 0.2) is 42.4 Å². The summed E-state index contributed by atoms with van der Waals surface area (Å²) in [5, 5.41) is 167. The number of phenols is 3. The summed E-state index contributed by atoms with van der Waals surface area (Å²) in [6, 6.07) is 1.81. The lowest BCUT2D eigenvalue weighted by atomic mass is 9.77. The van der Waals surface area contributed by atoms with Gasteiger partial charge in [-0.15, -0.1) is 6.58 Å². The van der Waals surface area contributed by atoms with Gasteiger partial charge in [-0.2, -0.15) is 0 Å². The molecule has 524 valence electrons. The largest absolute Gasteiger partial charge is 0.504 e. The van der Waals surface area contributed by atoms with Crippen molar-refractivity contribution < 1.29 is 172 Å². The molecule has 9 rings (SSSR count). The van der Waals surface area contributed by atoms with E-state index in [1.54, 1.807) is 13.8 Å². The summed E-state index contributed by atoms with van der Waals surface area (Å²) in [5.41, 5.74) is 0.328. The lowest BCUT2D eigenvalue weighted by Crippen LogP contribution is -2.61. The summed E-state index contributed by atoms with van der Waals surface area (Å²) in [6.07, 6.45) is -22.4. The quantitative estimate of drug-likeness (QED) is 0.0299. The third-order valence-electron chi connectivity index (χ3n) is 17.5. The van der Waals surface area contributed by atoms with E-state index < -0.39 is 220 Å². The minimum Gasteiger partial charge on any atom is -0.504 e. The number of aliphatic hydroxyl groups excluding tert-OH is 14. The smallest absolute Gasteiger partial charge is 0.338 e. The van der Waals surface area contributed by atoms with Crippen LogP contribution in [0.2, 0.25) is 0 Å². The van der Waals surface area contributed by atoms with E-state index in [2.05, 4.69) is 6.58 Å². The van der Waals surface area contributed by atoms with Gasteiger partial charge in [-0.1, -0.05) is 13.0 Å². The van der Waals surface area contributed by atoms with Crippen LogP contribution in [0.5, 0.6) is 17.2 Å². The molecule has 1 aromatic carbocycles. The van der Waals surface area contributed by atoms with Crippen LogP contribution in [-0.4, -0.2) is 288 Å². The lowest BCUT2D eigenvalue weighted by Gasteiger charge is -2.47. The molecule has 5 fully saturated rings. The summed E-state index contributed by atoms with van der Waals surface area (Å²) < 4.78 is 74.7. The van der Waals surface area contributed by atoms with Gasteiger partial charge in [-0.25, -0.2) is 19.2 Å². The Labute approximate surface area is 529 Å². The number of phenolic OH excluding ortho intramolecular Hbond substituents is 3. The fourth-order valence-electron chi connectivity index (χ4n) is 12.2. The normalized spacial score (nSPS) is 40.2. The van der Waals surface area contributed by atoms with E-state index in [1.807, 2.05) is 0 Å². The fourth-order valence-corrected chi connectivity index (χ4v) is 12.2. The van der Waals surface area contributed by atoms with Gasteiger partial charge in [-0.05, 0) is 37.8 Å². The molecule has 0 bridgehead atoms. The highest BCUT2D eigenvalue weighted by atomic mass is 16.8. The molecule has 0 amide bonds. The number of aromatic hydroxyl groups is 3. The Bertz CT molecular complexity index is 2770. The minimum absolute atomic E-state index is 0.0112. The second-order valence-corrected chi connectivity index (χ2v) is 23.0. The number of esters is 4. The van der Waals surface area contributed by atoms with Crippen molar-refractivity contribution in [2.45, 2.75) is 163 Å². The topological polar surface area (TPSA) is 541 Å². The van der Waals surface area contributed by atoms with Crippen LogP contribution < -0.4 is 0 Å². The highest BCUT2D eigenvalue weighted by Gasteiger charge is 2.55. The van der Waals surface area contributed by atoms with Crippen molar-refractivity contribution in [2.75, 3.05) is 47.8 Å². The molecule has 35 heteroatoms. The van der Waals surface area contributed by atoms with Crippen LogP contribution in [-0.2, 0) is 80.7 Å². The first-order valence-corrected chi connectivity index (χ1v) is 29.4. The lowest BCUT2D eigenvalue weighted by molar-refractivity contribution is -0.352. The molecule has 1 aliphatic carbocycles. The molecule has 7 aliphatic heterocycles. The molecule has 0 unspecified atom stereocenters. The molecule has 1 aromatic rings. The predicted molar refractivity (Wildman–Crippen MR) is 298 cm³/mol. The second-order valence-electron chi connectivity index (χ2n) is 23.0. The van der Waals surface area contributed by atoms with Crippen LogP contribution in [0.1, 0.15) is 43.5 Å². The first-order valence-electron chi connectivity index (χ1n) is 29.4. The maximum Gasteiger partial charge on any atom is 0.338 e. The third kappa shape index (κ3) is 16.3. The van der Waals surface area contributed by atoms with E-state index in [0.29, 0.717) is 12.0 Å². The van der Waals surface area contributed by atoms with E-state index in [-0.39, 0.29) is 48.0 Å². The SMILES string of the molecule is C=C[C@H]1[C@H](O[C@@H]2O[C@H](CO)[C@@H](O)[C@H](O)[C@H]2O)OC=C(C(=O)OC)[C@H]1CCOC(=O)c1cc(O)c(O)c(O)c1.COC(=O)C1=CO[C@@H](O[C@@H]2O[C@H](CO)[C@@H](O)[C@H](O)[C@H]2O)[C@@H]2[C@@H](C)[C@@H](O)C[C@H]12.COC(=O)C1=CO[C@@H](O[C@@H]2O[C@H](CO)[C@@H](O)[C@H](O)[C@H]2O)[C@@H]2[C@H](C)O[C@@H](O)C[C@H]12. The van der Waals surface area contributed by atoms with Crippen LogP contribution in [0.3, 0.4) is 0 Å². The molecule has 0 radical (unpaired) electrons. The Balaban J connectivity index is 0.000000201. The monoisotopic (exact) mass is 1340 g/mol. The Morgan fingerprint density at radius 2 is 0.914 bits per heavy atom. The average Bonchev–Trinajstić information content (AvgIpc) is 1.61. The summed E-state index contributed by atoms with van der Waals surface area (Å²) in [6.45, 7) is 5.09. The molecule has 0 spiro atoms. The zero-order valence-electron chi connectivity index (χ0n) is 50.7. The van der Waals surface area contributed by atoms with Gasteiger partial charge in [0, 0.05) is 36.0 Å². The van der Waals surface area contributed by atoms with Gasteiger partial charge in [0.2, 0.25) is 18.9 Å². The Morgan fingerprint density at radius 1 is 0.516 bits per heavy atom. The Hall–Kier alpha value is -5.98. The van der Waals surface area contributed by atoms with Gasteiger partial charge in [-0.3, -0.25) is 0 Å². The van der Waals surface area contributed by atoms with Gasteiger partial charge in [0.25, 0.3) is 0 Å². The Kier molecular flexibility index (Phi) is 26.1. The first kappa shape index (κ1) is 74.4. The molecule has 28 atom stereocenters. The van der Waals surface area contributed by atoms with Crippen LogP contribution in [0, 0.1) is 41.4 Å². The van der Waals surface area contributed by atoms with E-state index >= 15 is 0 Å². The standard InChI is InChI=1S/C24H30O14.C17H26O11.C17H26O10/c1-3-11-12(4-5-35-21(32)10-6-14(26)17(28)15(27)7-10)13(22(33)34-2)9-36-23(11)38-24-20(31)19(30)18(29)16(8-25)37-24;1-6-11-7(3-10(19)26-6)8(15(23)24-2)5-25-16(11)28-17-14(22)13(21)12(20)9(4-18)27-17;1-6-9(19)3-7-8(15(23)24-2)5-25-16(11(6)7)27-17-14(22)13(21)12(20)10(4-18)26-17/h3,6-7,9,11-12,16,18-20,23-31H,1,4-5,8H2,2H3;5-7,9-14,16-22H,3-4H2,1-2H3;5-7,9-14,16-22H,3-4H2,1-2H3/t11-,12+,16-,18-,19+,20-,23+,24+;6-,7+,9+,10+,11+,12+,13-,14+,16-,17-;6-,7+,9-,10+,11+,12+,13-,14+,16-,17-/m100/s1. The van der Waals surface area contributed by atoms with E-state index in [4.69, 9.17) is 66.3 Å². The number of hydrogen-bond acceptors (Lipinski definition) is 35. The Morgan fingerprint density at radius 3 is 1.34 bits per heavy atom. The van der Waals surface area contributed by atoms with Gasteiger partial charge < -0.3 is 153 Å². The molecule has 17 N–H and O–H groups in total. The maximum absolute atomic E-state index is 12.4. The van der Waals surface area contributed by atoms with Crippen LogP contribution in [0.4, 0.5) is 0 Å². The van der Waals surface area contributed by atoms with Gasteiger partial charge in [0.05, 0.1) is 107 Å². The number of fused-ring (bicyclic) bond motifs is 2. The number of rotatable bonds is 17. The predicted octanol–water partition coefficient (Wildman–Crippen LogP) is -5.58. The minimum atomic E-state index is -1.70. The third-order valence-corrected chi connectivity index (χ3v) is 17.5. The van der Waals surface area contributed by atoms with Crippen LogP contribution in [0.25, 0.3) is 0 Å². The van der Waals surface area contributed by atoms with Crippen molar-refractivity contribution in [1.29, 1.82) is 0 Å². The first-order chi connectivity index (χ1) is 44.1. The van der Waals surface area contributed by atoms with Crippen molar-refractivity contribution in [3.8, 4) is 17.2 Å². The van der Waals surface area contributed by atoms with Gasteiger partial charge >= 0.3 is 23.9 Å². The summed E-state index contributed by atoms with van der Waals surface area (Å²) in [5.74, 6) is -8.78. The van der Waals surface area contributed by atoms with Gasteiger partial charge in [0.1, 0.15) is 73.2 Å². The highest BCUT2D eigenvalue weighted by molar-refractivity contribution is 5.91. The molecular weight excluding hydrogens is 1260 g/mol. The maximum atomic E-state index is 12.4. The molecule has 4 saturated heterocycles. The number of carbonyl (C=O) groups excluding carboxylic acids is 4. The number of benzene rings is 1. The zero-order chi connectivity index (χ0) is 68.6. The average molecular weight is 1340 g/mol. The van der Waals surface area contributed by atoms with Crippen molar-refractivity contribution in [2.24, 2.45) is 41.4 Å².